The van der Waals surface area contributed by atoms with Crippen molar-refractivity contribution in [2.24, 2.45) is 0 Å². The number of pyridine rings is 1. The molecule has 4 nitrogen and oxygen atoms in total. The quantitative estimate of drug-likeness (QED) is 0.911. The topological polar surface area (TPSA) is 54.0 Å². The number of hydrogen-bond acceptors (Lipinski definition) is 3. The average molecular weight is 320 g/mol. The summed E-state index contributed by atoms with van der Waals surface area (Å²) in [5, 5.41) is 5.80. The van der Waals surface area contributed by atoms with Crippen LogP contribution in [0.2, 0.25) is 0 Å². The van der Waals surface area contributed by atoms with Crippen molar-refractivity contribution in [2.75, 3.05) is 17.7 Å². The summed E-state index contributed by atoms with van der Waals surface area (Å²) in [7, 11) is 1.77. The second-order valence-electron chi connectivity index (χ2n) is 4.09. The van der Waals surface area contributed by atoms with Crippen molar-refractivity contribution in [3.8, 4) is 0 Å². The number of rotatable bonds is 3. The highest BCUT2D eigenvalue weighted by Crippen LogP contribution is 2.21. The van der Waals surface area contributed by atoms with Gasteiger partial charge in [-0.25, -0.2) is 4.98 Å². The average Bonchev–Trinajstić information content (AvgIpc) is 2.43. The molecule has 0 aliphatic rings. The van der Waals surface area contributed by atoms with E-state index in [1.165, 1.54) is 0 Å². The third-order valence-electron chi connectivity index (χ3n) is 2.73. The van der Waals surface area contributed by atoms with Crippen molar-refractivity contribution in [1.82, 2.24) is 4.98 Å². The molecule has 0 unspecified atom stereocenters. The zero-order valence-electron chi connectivity index (χ0n) is 10.7. The van der Waals surface area contributed by atoms with Crippen LogP contribution in [0, 0.1) is 6.92 Å². The van der Waals surface area contributed by atoms with Crippen LogP contribution in [-0.2, 0) is 0 Å². The number of aromatic nitrogens is 1. The lowest BCUT2D eigenvalue weighted by atomic mass is 10.2. The smallest absolute Gasteiger partial charge is 0.255 e. The Morgan fingerprint density at radius 3 is 2.79 bits per heavy atom. The Hall–Kier alpha value is -1.88. The van der Waals surface area contributed by atoms with E-state index in [1.807, 2.05) is 25.1 Å². The molecule has 0 radical (unpaired) electrons. The molecule has 0 saturated carbocycles. The van der Waals surface area contributed by atoms with Gasteiger partial charge in [0.05, 0.1) is 0 Å². The molecule has 1 amide bonds. The van der Waals surface area contributed by atoms with Crippen LogP contribution in [0.25, 0.3) is 0 Å². The van der Waals surface area contributed by atoms with Crippen LogP contribution >= 0.6 is 15.9 Å². The minimum absolute atomic E-state index is 0.153. The van der Waals surface area contributed by atoms with Crippen LogP contribution in [0.4, 0.5) is 11.5 Å². The molecule has 2 aromatic rings. The molecule has 0 aliphatic heterocycles. The number of halogens is 1. The fraction of sp³-hybridized carbons (Fsp3) is 0.143. The minimum atomic E-state index is -0.153. The summed E-state index contributed by atoms with van der Waals surface area (Å²) >= 11 is 3.39. The first-order valence-electron chi connectivity index (χ1n) is 5.81. The monoisotopic (exact) mass is 319 g/mol. The van der Waals surface area contributed by atoms with Gasteiger partial charge in [-0.05, 0) is 36.8 Å². The van der Waals surface area contributed by atoms with Crippen molar-refractivity contribution >= 4 is 33.3 Å². The zero-order valence-corrected chi connectivity index (χ0v) is 12.3. The molecule has 1 heterocycles. The second-order valence-corrected chi connectivity index (χ2v) is 5.01. The minimum Gasteiger partial charge on any atom is -0.373 e. The predicted molar refractivity (Wildman–Crippen MR) is 80.6 cm³/mol. The molecule has 0 bridgehead atoms. The lowest BCUT2D eigenvalue weighted by Gasteiger charge is -2.09. The number of nitrogens with one attached hydrogen (secondary N) is 2. The number of benzene rings is 1. The van der Waals surface area contributed by atoms with E-state index in [-0.39, 0.29) is 5.91 Å². The third kappa shape index (κ3) is 3.32. The zero-order chi connectivity index (χ0) is 13.8. The van der Waals surface area contributed by atoms with Crippen molar-refractivity contribution < 1.29 is 4.79 Å². The van der Waals surface area contributed by atoms with Gasteiger partial charge in [0.15, 0.2) is 0 Å². The van der Waals surface area contributed by atoms with Crippen LogP contribution in [0.1, 0.15) is 15.9 Å². The molecular weight excluding hydrogens is 306 g/mol. The van der Waals surface area contributed by atoms with E-state index in [0.29, 0.717) is 11.4 Å². The van der Waals surface area contributed by atoms with Crippen molar-refractivity contribution in [1.29, 1.82) is 0 Å². The summed E-state index contributed by atoms with van der Waals surface area (Å²) < 4.78 is 0.930. The second kappa shape index (κ2) is 5.84. The van der Waals surface area contributed by atoms with Crippen LogP contribution < -0.4 is 10.6 Å². The molecule has 2 N–H and O–H groups in total. The molecule has 2 rings (SSSR count). The number of hydrogen-bond donors (Lipinski definition) is 2. The molecule has 0 aliphatic carbocycles. The Kier molecular flexibility index (Phi) is 4.16. The number of carbonyl (C=O) groups excluding carboxylic acids is 1. The van der Waals surface area contributed by atoms with E-state index in [2.05, 4.69) is 31.5 Å². The predicted octanol–water partition coefficient (Wildman–Crippen LogP) is 3.45. The Bertz CT molecular complexity index is 613. The summed E-state index contributed by atoms with van der Waals surface area (Å²) in [6.45, 7) is 1.95. The van der Waals surface area contributed by atoms with Gasteiger partial charge in [0.1, 0.15) is 5.82 Å². The number of amides is 1. The summed E-state index contributed by atoms with van der Waals surface area (Å²) in [5.41, 5.74) is 2.38. The fourth-order valence-electron chi connectivity index (χ4n) is 1.63. The first-order valence-corrected chi connectivity index (χ1v) is 6.61. The first kappa shape index (κ1) is 13.5. The molecule has 1 aromatic heterocycles. The normalized spacial score (nSPS) is 10.1. The molecule has 0 spiro atoms. The van der Waals surface area contributed by atoms with Gasteiger partial charge in [-0.2, -0.15) is 0 Å². The van der Waals surface area contributed by atoms with Crippen LogP contribution in [-0.4, -0.2) is 17.9 Å². The molecule has 19 heavy (non-hydrogen) atoms. The highest BCUT2D eigenvalue weighted by atomic mass is 79.9. The summed E-state index contributed by atoms with van der Waals surface area (Å²) in [5.74, 6) is 0.513. The van der Waals surface area contributed by atoms with E-state index < -0.39 is 0 Å². The van der Waals surface area contributed by atoms with Gasteiger partial charge in [0.2, 0.25) is 0 Å². The fourth-order valence-corrected chi connectivity index (χ4v) is 1.99. The summed E-state index contributed by atoms with van der Waals surface area (Å²) in [4.78, 5) is 16.2. The first-order chi connectivity index (χ1) is 9.10. The number of carbonyl (C=O) groups is 1. The maximum atomic E-state index is 12.2. The highest BCUT2D eigenvalue weighted by Gasteiger charge is 2.08. The number of aryl methyl sites for hydroxylation is 1. The largest absolute Gasteiger partial charge is 0.373 e. The summed E-state index contributed by atoms with van der Waals surface area (Å²) in [6.07, 6.45) is 1.61. The Morgan fingerprint density at radius 1 is 1.26 bits per heavy atom. The lowest BCUT2D eigenvalue weighted by molar-refractivity contribution is 0.102. The standard InChI is InChI=1S/C14H14BrN3O/c1-9-3-4-11(15)8-12(9)18-14(19)10-5-6-17-13(7-10)16-2/h3-8H,1-2H3,(H,16,17)(H,18,19). The molecule has 0 fully saturated rings. The molecule has 0 atom stereocenters. The van der Waals surface area contributed by atoms with Gasteiger partial charge >= 0.3 is 0 Å². The van der Waals surface area contributed by atoms with Gasteiger partial charge < -0.3 is 10.6 Å². The maximum Gasteiger partial charge on any atom is 0.255 e. The molecule has 5 heteroatoms. The van der Waals surface area contributed by atoms with E-state index in [1.54, 1.807) is 25.4 Å². The molecule has 98 valence electrons. The number of nitrogens with zero attached hydrogens (tertiary/aromatic N) is 1. The van der Waals surface area contributed by atoms with Gasteiger partial charge in [-0.1, -0.05) is 22.0 Å². The third-order valence-corrected chi connectivity index (χ3v) is 3.22. The van der Waals surface area contributed by atoms with Crippen molar-refractivity contribution in [2.45, 2.75) is 6.92 Å². The molecule has 1 aromatic carbocycles. The van der Waals surface area contributed by atoms with Crippen LogP contribution in [0.5, 0.6) is 0 Å². The van der Waals surface area contributed by atoms with E-state index in [0.717, 1.165) is 15.7 Å². The molecular formula is C14H14BrN3O. The van der Waals surface area contributed by atoms with Gasteiger partial charge in [-0.15, -0.1) is 0 Å². The van der Waals surface area contributed by atoms with E-state index >= 15 is 0 Å². The molecule has 0 saturated heterocycles. The maximum absolute atomic E-state index is 12.2. The van der Waals surface area contributed by atoms with Crippen molar-refractivity contribution in [3.63, 3.8) is 0 Å². The van der Waals surface area contributed by atoms with Crippen LogP contribution in [0.15, 0.2) is 41.0 Å². The SMILES string of the molecule is CNc1cc(C(=O)Nc2cc(Br)ccc2C)ccn1. The lowest BCUT2D eigenvalue weighted by Crippen LogP contribution is -2.13. The highest BCUT2D eigenvalue weighted by molar-refractivity contribution is 9.10. The van der Waals surface area contributed by atoms with E-state index in [9.17, 15) is 4.79 Å². The summed E-state index contributed by atoms with van der Waals surface area (Å²) in [6, 6.07) is 9.17. The van der Waals surface area contributed by atoms with Gasteiger partial charge in [-0.3, -0.25) is 4.79 Å². The van der Waals surface area contributed by atoms with Gasteiger partial charge in [0, 0.05) is 29.0 Å². The number of anilines is 2. The Balaban J connectivity index is 2.22. The van der Waals surface area contributed by atoms with Crippen molar-refractivity contribution in [3.05, 3.63) is 52.1 Å². The van der Waals surface area contributed by atoms with E-state index in [4.69, 9.17) is 0 Å². The Morgan fingerprint density at radius 2 is 2.05 bits per heavy atom. The van der Waals surface area contributed by atoms with Crippen LogP contribution in [0.3, 0.4) is 0 Å². The Labute approximate surface area is 120 Å². The van der Waals surface area contributed by atoms with Gasteiger partial charge in [0.25, 0.3) is 5.91 Å².